The molecule has 0 aromatic carbocycles. The summed E-state index contributed by atoms with van der Waals surface area (Å²) in [4.78, 5) is 25.2. The Hall–Kier alpha value is -0.760. The number of rotatable bonds is 38. The minimum absolute atomic E-state index is 0.0122. The van der Waals surface area contributed by atoms with Crippen molar-refractivity contribution in [1.29, 1.82) is 0 Å². The second-order valence-corrected chi connectivity index (χ2v) is 17.1. The van der Waals surface area contributed by atoms with E-state index in [9.17, 15) is 19.4 Å². The molecule has 0 saturated heterocycles. The van der Waals surface area contributed by atoms with Gasteiger partial charge < -0.3 is 28.8 Å². The molecule has 0 saturated carbocycles. The summed E-state index contributed by atoms with van der Waals surface area (Å²) in [5, 5.41) is 13.9. The number of phosphoric ester groups is 1. The zero-order valence-electron chi connectivity index (χ0n) is 33.6. The van der Waals surface area contributed by atoms with Gasteiger partial charge in [-0.25, -0.2) is 0 Å². The van der Waals surface area contributed by atoms with Crippen molar-refractivity contribution < 1.29 is 32.9 Å². The summed E-state index contributed by atoms with van der Waals surface area (Å²) in [6, 6.07) is -0.799. The van der Waals surface area contributed by atoms with Gasteiger partial charge in [-0.05, 0) is 38.5 Å². The summed E-state index contributed by atoms with van der Waals surface area (Å²) in [5.41, 5.74) is 0. The first-order valence-corrected chi connectivity index (χ1v) is 22.5. The largest absolute Gasteiger partial charge is 0.756 e. The van der Waals surface area contributed by atoms with Crippen LogP contribution < -0.4 is 10.2 Å². The molecule has 0 aliphatic rings. The Balaban J connectivity index is 4.42. The highest BCUT2D eigenvalue weighted by molar-refractivity contribution is 7.45. The van der Waals surface area contributed by atoms with Gasteiger partial charge in [-0.15, -0.1) is 0 Å². The summed E-state index contributed by atoms with van der Waals surface area (Å²) in [7, 11) is 1.30. The van der Waals surface area contributed by atoms with Crippen LogP contribution in [0.25, 0.3) is 0 Å². The zero-order valence-corrected chi connectivity index (χ0v) is 34.5. The second-order valence-electron chi connectivity index (χ2n) is 15.7. The van der Waals surface area contributed by atoms with Crippen molar-refractivity contribution >= 4 is 13.7 Å². The highest BCUT2D eigenvalue weighted by Crippen LogP contribution is 2.38. The van der Waals surface area contributed by atoms with Gasteiger partial charge in [0.1, 0.15) is 13.2 Å². The molecule has 3 atom stereocenters. The summed E-state index contributed by atoms with van der Waals surface area (Å²) in [6.45, 7) is 4.70. The second kappa shape index (κ2) is 34.0. The fourth-order valence-electron chi connectivity index (χ4n) is 6.09. The van der Waals surface area contributed by atoms with Gasteiger partial charge in [-0.1, -0.05) is 161 Å². The SMILES string of the molecule is CCCCCCC/C=C/CCCCCCCC(=O)N[C@@H](COP(=O)([O-])OCC[N+](C)(C)C)[C@H](O)CCCCCCCCCCCCCCCC. The Labute approximate surface area is 310 Å². The predicted octanol–water partition coefficient (Wildman–Crippen LogP) is 10.6. The van der Waals surface area contributed by atoms with Crippen LogP contribution in [0.15, 0.2) is 12.2 Å². The fraction of sp³-hybridized carbons (Fsp3) is 0.927. The molecule has 0 bridgehead atoms. The first-order valence-electron chi connectivity index (χ1n) is 21.0. The number of allylic oxidation sites excluding steroid dienone is 2. The van der Waals surface area contributed by atoms with E-state index in [4.69, 9.17) is 9.05 Å². The Morgan fingerprint density at radius 2 is 1.10 bits per heavy atom. The van der Waals surface area contributed by atoms with E-state index in [-0.39, 0.29) is 19.1 Å². The van der Waals surface area contributed by atoms with Crippen molar-refractivity contribution in [3.8, 4) is 0 Å². The number of carbonyl (C=O) groups excluding carboxylic acids is 1. The van der Waals surface area contributed by atoms with E-state index in [1.165, 1.54) is 116 Å². The molecule has 298 valence electrons. The Bertz CT molecular complexity index is 834. The van der Waals surface area contributed by atoms with Gasteiger partial charge >= 0.3 is 0 Å². The van der Waals surface area contributed by atoms with Crippen molar-refractivity contribution in [3.05, 3.63) is 12.2 Å². The minimum Gasteiger partial charge on any atom is -0.756 e. The molecule has 0 heterocycles. The van der Waals surface area contributed by atoms with Crippen LogP contribution in [0.4, 0.5) is 0 Å². The average Bonchev–Trinajstić information content (AvgIpc) is 3.06. The quantitative estimate of drug-likeness (QED) is 0.0283. The Morgan fingerprint density at radius 3 is 1.56 bits per heavy atom. The molecular weight excluding hydrogens is 647 g/mol. The van der Waals surface area contributed by atoms with Crippen LogP contribution in [0.2, 0.25) is 0 Å². The van der Waals surface area contributed by atoms with Crippen LogP contribution in [0.5, 0.6) is 0 Å². The first kappa shape index (κ1) is 49.2. The number of hydrogen-bond donors (Lipinski definition) is 2. The van der Waals surface area contributed by atoms with Crippen LogP contribution in [-0.4, -0.2) is 68.5 Å². The van der Waals surface area contributed by atoms with Crippen LogP contribution in [0, 0.1) is 0 Å². The van der Waals surface area contributed by atoms with Crippen LogP contribution in [0.3, 0.4) is 0 Å². The number of aliphatic hydroxyl groups excluding tert-OH is 1. The first-order chi connectivity index (χ1) is 24.0. The summed E-state index contributed by atoms with van der Waals surface area (Å²) in [5.74, 6) is -0.174. The van der Waals surface area contributed by atoms with Crippen molar-refractivity contribution in [1.82, 2.24) is 5.32 Å². The van der Waals surface area contributed by atoms with Gasteiger partial charge in [-0.3, -0.25) is 9.36 Å². The monoisotopic (exact) mass is 731 g/mol. The van der Waals surface area contributed by atoms with E-state index in [1.54, 1.807) is 0 Å². The molecule has 0 aliphatic heterocycles. The minimum atomic E-state index is -4.56. The molecule has 50 heavy (non-hydrogen) atoms. The van der Waals surface area contributed by atoms with Crippen molar-refractivity contribution in [2.45, 2.75) is 206 Å². The maximum Gasteiger partial charge on any atom is 0.268 e. The number of hydrogen-bond acceptors (Lipinski definition) is 6. The average molecular weight is 731 g/mol. The van der Waals surface area contributed by atoms with Crippen LogP contribution in [-0.2, 0) is 18.4 Å². The van der Waals surface area contributed by atoms with Crippen molar-refractivity contribution in [2.24, 2.45) is 0 Å². The van der Waals surface area contributed by atoms with Crippen LogP contribution in [0.1, 0.15) is 194 Å². The number of quaternary nitrogens is 1. The number of amides is 1. The molecule has 0 rings (SSSR count). The third kappa shape index (κ3) is 35.6. The lowest BCUT2D eigenvalue weighted by molar-refractivity contribution is -0.870. The van der Waals surface area contributed by atoms with Crippen LogP contribution >= 0.6 is 7.82 Å². The predicted molar refractivity (Wildman–Crippen MR) is 210 cm³/mol. The zero-order chi connectivity index (χ0) is 37.2. The Morgan fingerprint density at radius 1 is 0.680 bits per heavy atom. The number of phosphoric acid groups is 1. The summed E-state index contributed by atoms with van der Waals surface area (Å²) in [6.07, 6.45) is 36.3. The molecule has 2 N–H and O–H groups in total. The number of nitrogens with zero attached hydrogens (tertiary/aromatic N) is 1. The highest BCUT2D eigenvalue weighted by Gasteiger charge is 2.24. The third-order valence-corrected chi connectivity index (χ3v) is 10.5. The molecule has 0 fully saturated rings. The molecule has 1 amide bonds. The van der Waals surface area contributed by atoms with E-state index in [0.29, 0.717) is 23.9 Å². The van der Waals surface area contributed by atoms with E-state index < -0.39 is 20.0 Å². The summed E-state index contributed by atoms with van der Waals surface area (Å²) < 4.78 is 23.2. The van der Waals surface area contributed by atoms with Gasteiger partial charge in [0, 0.05) is 6.42 Å². The molecule has 0 aliphatic carbocycles. The lowest BCUT2D eigenvalue weighted by Gasteiger charge is -2.30. The maximum absolute atomic E-state index is 12.8. The van der Waals surface area contributed by atoms with Gasteiger partial charge in [0.05, 0.1) is 39.9 Å². The molecule has 0 spiro atoms. The van der Waals surface area contributed by atoms with Crippen molar-refractivity contribution in [2.75, 3.05) is 40.9 Å². The fourth-order valence-corrected chi connectivity index (χ4v) is 6.81. The van der Waals surface area contributed by atoms with E-state index >= 15 is 0 Å². The number of likely N-dealkylation sites (N-methyl/N-ethyl adjacent to an activating group) is 1. The van der Waals surface area contributed by atoms with Gasteiger partial charge in [0.25, 0.3) is 7.82 Å². The smallest absolute Gasteiger partial charge is 0.268 e. The van der Waals surface area contributed by atoms with E-state index in [0.717, 1.165) is 51.4 Å². The maximum atomic E-state index is 12.8. The number of unbranched alkanes of at least 4 members (excludes halogenated alkanes) is 23. The number of carbonyl (C=O) groups is 1. The Kier molecular flexibility index (Phi) is 33.5. The standard InChI is InChI=1S/C41H83N2O6P/c1-6-8-10-12-14-16-18-20-22-24-26-28-30-32-34-40(44)39(38-49-50(46,47)48-37-36-43(3,4)5)42-41(45)35-33-31-29-27-25-23-21-19-17-15-13-11-9-7-2/h19,21,39-40,44H,6-18,20,22-38H2,1-5H3,(H-,42,45,46,47)/b21-19+/t39-,40+/m0/s1. The van der Waals surface area contributed by atoms with Gasteiger partial charge in [0.15, 0.2) is 0 Å². The summed E-state index contributed by atoms with van der Waals surface area (Å²) >= 11 is 0. The highest BCUT2D eigenvalue weighted by atomic mass is 31.2. The number of nitrogens with one attached hydrogen (secondary N) is 1. The van der Waals surface area contributed by atoms with Crippen molar-refractivity contribution in [3.63, 3.8) is 0 Å². The van der Waals surface area contributed by atoms with Gasteiger partial charge in [-0.2, -0.15) is 0 Å². The number of aliphatic hydroxyl groups is 1. The third-order valence-electron chi connectivity index (χ3n) is 9.50. The molecule has 1 unspecified atom stereocenters. The van der Waals surface area contributed by atoms with E-state index in [1.807, 2.05) is 21.1 Å². The topological polar surface area (TPSA) is 108 Å². The normalized spacial score (nSPS) is 14.6. The molecule has 8 nitrogen and oxygen atoms in total. The molecule has 0 radical (unpaired) electrons. The van der Waals surface area contributed by atoms with Gasteiger partial charge in [0.2, 0.25) is 5.91 Å². The molecule has 9 heteroatoms. The molecule has 0 aromatic heterocycles. The lowest BCUT2D eigenvalue weighted by atomic mass is 10.0. The molecule has 0 aromatic rings. The molecular formula is C41H83N2O6P. The lowest BCUT2D eigenvalue weighted by Crippen LogP contribution is -2.46. The van der Waals surface area contributed by atoms with E-state index in [2.05, 4.69) is 31.3 Å².